The van der Waals surface area contributed by atoms with Gasteiger partial charge in [-0.25, -0.2) is 8.78 Å². The number of nitrogens with one attached hydrogen (secondary N) is 1. The quantitative estimate of drug-likeness (QED) is 0.750. The zero-order chi connectivity index (χ0) is 13.8. The molecule has 0 heterocycles. The van der Waals surface area contributed by atoms with Crippen LogP contribution in [0.2, 0.25) is 0 Å². The van der Waals surface area contributed by atoms with Gasteiger partial charge in [-0.15, -0.1) is 0 Å². The van der Waals surface area contributed by atoms with Crippen molar-refractivity contribution >= 4 is 5.91 Å². The Morgan fingerprint density at radius 3 is 2.78 bits per heavy atom. The van der Waals surface area contributed by atoms with Crippen LogP contribution >= 0.6 is 0 Å². The fraction of sp³-hybridized carbons (Fsp3) is 0.917. The minimum Gasteiger partial charge on any atom is -0.368 e. The van der Waals surface area contributed by atoms with E-state index >= 15 is 0 Å². The van der Waals surface area contributed by atoms with E-state index in [0.717, 1.165) is 12.8 Å². The Morgan fingerprint density at radius 1 is 1.61 bits per heavy atom. The van der Waals surface area contributed by atoms with Gasteiger partial charge in [0.2, 0.25) is 5.91 Å². The number of carbonyl (C=O) groups excluding carboxylic acids is 1. The zero-order valence-corrected chi connectivity index (χ0v) is 11.1. The molecule has 1 aliphatic rings. The van der Waals surface area contributed by atoms with Crippen LogP contribution < -0.4 is 11.1 Å². The predicted octanol–water partition coefficient (Wildman–Crippen LogP) is 0.959. The van der Waals surface area contributed by atoms with E-state index in [2.05, 4.69) is 5.32 Å². The van der Waals surface area contributed by atoms with Crippen LogP contribution in [0.5, 0.6) is 0 Å². The van der Waals surface area contributed by atoms with E-state index in [1.165, 1.54) is 0 Å². The average Bonchev–Trinajstić information content (AvgIpc) is 2.28. The molecule has 0 aliphatic heterocycles. The largest absolute Gasteiger partial charge is 0.368 e. The van der Waals surface area contributed by atoms with Crippen molar-refractivity contribution < 1.29 is 13.6 Å². The molecular formula is C12H23F2N3O. The molecule has 4 nitrogen and oxygen atoms in total. The summed E-state index contributed by atoms with van der Waals surface area (Å²) in [6, 6.07) is -0.0145. The first-order valence-corrected chi connectivity index (χ1v) is 6.44. The highest BCUT2D eigenvalue weighted by Gasteiger charge is 2.41. The van der Waals surface area contributed by atoms with Crippen molar-refractivity contribution in [1.29, 1.82) is 0 Å². The maximum atomic E-state index is 12.4. The Bertz CT molecular complexity index is 284. The summed E-state index contributed by atoms with van der Waals surface area (Å²) in [5.74, 6) is -0.375. The van der Waals surface area contributed by atoms with Crippen molar-refractivity contribution in [2.45, 2.75) is 50.6 Å². The highest BCUT2D eigenvalue weighted by Crippen LogP contribution is 2.31. The third-order valence-corrected chi connectivity index (χ3v) is 3.76. The number of hydrogen-bond acceptors (Lipinski definition) is 3. The van der Waals surface area contributed by atoms with E-state index < -0.39 is 12.0 Å². The first-order valence-electron chi connectivity index (χ1n) is 6.44. The van der Waals surface area contributed by atoms with Gasteiger partial charge in [0.15, 0.2) is 0 Å². The first kappa shape index (κ1) is 15.3. The van der Waals surface area contributed by atoms with Crippen molar-refractivity contribution in [1.82, 2.24) is 10.2 Å². The summed E-state index contributed by atoms with van der Waals surface area (Å²) in [5, 5.41) is 3.15. The molecule has 6 heteroatoms. The molecule has 0 spiro atoms. The summed E-state index contributed by atoms with van der Waals surface area (Å²) >= 11 is 0. The third kappa shape index (κ3) is 3.62. The maximum absolute atomic E-state index is 12.4. The van der Waals surface area contributed by atoms with E-state index in [1.54, 1.807) is 11.9 Å². The number of alkyl halides is 2. The molecule has 0 aromatic rings. The lowest BCUT2D eigenvalue weighted by Gasteiger charge is -2.42. The van der Waals surface area contributed by atoms with E-state index in [4.69, 9.17) is 5.73 Å². The molecule has 0 aromatic heterocycles. The second kappa shape index (κ2) is 6.43. The van der Waals surface area contributed by atoms with E-state index in [0.29, 0.717) is 19.4 Å². The molecule has 2 atom stereocenters. The van der Waals surface area contributed by atoms with Crippen LogP contribution in [-0.2, 0) is 4.79 Å². The standard InChI is InChI=1S/C12H23F2N3O/c1-3-16-12(11(15)18)6-4-5-9(7-12)17(2)8-10(13)14/h9-10,16H,3-8H2,1-2H3,(H2,15,18). The van der Waals surface area contributed by atoms with Gasteiger partial charge in [0, 0.05) is 6.04 Å². The fourth-order valence-electron chi connectivity index (χ4n) is 2.80. The van der Waals surface area contributed by atoms with Crippen molar-refractivity contribution in [2.24, 2.45) is 5.73 Å². The van der Waals surface area contributed by atoms with Gasteiger partial charge in [-0.3, -0.25) is 9.69 Å². The van der Waals surface area contributed by atoms with Crippen LogP contribution in [0.4, 0.5) is 8.78 Å². The molecule has 18 heavy (non-hydrogen) atoms. The minimum atomic E-state index is -2.35. The lowest BCUT2D eigenvalue weighted by Crippen LogP contribution is -2.60. The monoisotopic (exact) mass is 263 g/mol. The van der Waals surface area contributed by atoms with Gasteiger partial charge in [-0.1, -0.05) is 6.92 Å². The predicted molar refractivity (Wildman–Crippen MR) is 66.5 cm³/mol. The summed E-state index contributed by atoms with van der Waals surface area (Å²) in [5.41, 5.74) is 4.76. The minimum absolute atomic E-state index is 0.0145. The van der Waals surface area contributed by atoms with Gasteiger partial charge >= 0.3 is 0 Å². The molecule has 1 fully saturated rings. The first-order chi connectivity index (χ1) is 8.41. The number of amides is 1. The molecule has 3 N–H and O–H groups in total. The molecule has 0 saturated heterocycles. The van der Waals surface area contributed by atoms with Crippen LogP contribution in [0.25, 0.3) is 0 Å². The van der Waals surface area contributed by atoms with Crippen LogP contribution in [0.15, 0.2) is 0 Å². The van der Waals surface area contributed by atoms with Crippen LogP contribution in [0, 0.1) is 0 Å². The van der Waals surface area contributed by atoms with E-state index in [-0.39, 0.29) is 18.5 Å². The van der Waals surface area contributed by atoms with Gasteiger partial charge in [0.05, 0.1) is 12.1 Å². The molecule has 2 unspecified atom stereocenters. The molecule has 106 valence electrons. The second-order valence-corrected chi connectivity index (χ2v) is 5.06. The summed E-state index contributed by atoms with van der Waals surface area (Å²) in [4.78, 5) is 13.3. The van der Waals surface area contributed by atoms with Gasteiger partial charge < -0.3 is 11.1 Å². The van der Waals surface area contributed by atoms with Crippen LogP contribution in [-0.4, -0.2) is 49.0 Å². The fourth-order valence-corrected chi connectivity index (χ4v) is 2.80. The SMILES string of the molecule is CCNC1(C(N)=O)CCCC(N(C)CC(F)F)C1. The normalized spacial score (nSPS) is 28.9. The zero-order valence-electron chi connectivity index (χ0n) is 11.1. The molecule has 1 saturated carbocycles. The van der Waals surface area contributed by atoms with Gasteiger partial charge in [0.25, 0.3) is 6.43 Å². The maximum Gasteiger partial charge on any atom is 0.251 e. The highest BCUT2D eigenvalue weighted by molar-refractivity contribution is 5.84. The van der Waals surface area contributed by atoms with Crippen LogP contribution in [0.3, 0.4) is 0 Å². The number of halogens is 2. The Labute approximate surface area is 107 Å². The van der Waals surface area contributed by atoms with Crippen molar-refractivity contribution in [2.75, 3.05) is 20.1 Å². The Morgan fingerprint density at radius 2 is 2.28 bits per heavy atom. The topological polar surface area (TPSA) is 58.4 Å². The highest BCUT2D eigenvalue weighted by atomic mass is 19.3. The number of hydrogen-bond donors (Lipinski definition) is 2. The summed E-state index contributed by atoms with van der Waals surface area (Å²) in [6.45, 7) is 2.30. The molecule has 1 rings (SSSR count). The second-order valence-electron chi connectivity index (χ2n) is 5.06. The summed E-state index contributed by atoms with van der Waals surface area (Å²) < 4.78 is 24.8. The summed E-state index contributed by atoms with van der Waals surface area (Å²) in [6.07, 6.45) is 0.519. The number of rotatable bonds is 6. The number of likely N-dealkylation sites (N-methyl/N-ethyl adjacent to an activating group) is 1. The third-order valence-electron chi connectivity index (χ3n) is 3.76. The average molecular weight is 263 g/mol. The van der Waals surface area contributed by atoms with Crippen LogP contribution in [0.1, 0.15) is 32.6 Å². The molecule has 0 aromatic carbocycles. The van der Waals surface area contributed by atoms with Crippen molar-refractivity contribution in [3.63, 3.8) is 0 Å². The lowest BCUT2D eigenvalue weighted by molar-refractivity contribution is -0.126. The molecular weight excluding hydrogens is 240 g/mol. The number of primary amides is 1. The number of nitrogens with two attached hydrogens (primary N) is 1. The van der Waals surface area contributed by atoms with Gasteiger partial charge in [0.1, 0.15) is 0 Å². The molecule has 0 radical (unpaired) electrons. The van der Waals surface area contributed by atoms with E-state index in [9.17, 15) is 13.6 Å². The molecule has 1 amide bonds. The van der Waals surface area contributed by atoms with E-state index in [1.807, 2.05) is 6.92 Å². The Hall–Kier alpha value is -0.750. The lowest BCUT2D eigenvalue weighted by atomic mass is 9.78. The Balaban J connectivity index is 2.71. The van der Waals surface area contributed by atoms with Crippen molar-refractivity contribution in [3.8, 4) is 0 Å². The smallest absolute Gasteiger partial charge is 0.251 e. The molecule has 0 bridgehead atoms. The van der Waals surface area contributed by atoms with Gasteiger partial charge in [-0.05, 0) is 39.3 Å². The summed E-state index contributed by atoms with van der Waals surface area (Å²) in [7, 11) is 1.68. The number of nitrogens with zero attached hydrogens (tertiary/aromatic N) is 1. The van der Waals surface area contributed by atoms with Crippen molar-refractivity contribution in [3.05, 3.63) is 0 Å². The number of carbonyl (C=O) groups is 1. The molecule has 1 aliphatic carbocycles. The van der Waals surface area contributed by atoms with Gasteiger partial charge in [-0.2, -0.15) is 0 Å². The Kier molecular flexibility index (Phi) is 5.47.